The topological polar surface area (TPSA) is 32.3 Å². The fourth-order valence-corrected chi connectivity index (χ4v) is 4.47. The summed E-state index contributed by atoms with van der Waals surface area (Å²) >= 11 is 1.90. The van der Waals surface area contributed by atoms with Crippen molar-refractivity contribution in [3.8, 4) is 0 Å². The first-order valence-electron chi connectivity index (χ1n) is 9.11. The van der Waals surface area contributed by atoms with E-state index in [0.717, 1.165) is 24.0 Å². The predicted molar refractivity (Wildman–Crippen MR) is 103 cm³/mol. The van der Waals surface area contributed by atoms with E-state index >= 15 is 0 Å². The average Bonchev–Trinajstić information content (AvgIpc) is 2.63. The summed E-state index contributed by atoms with van der Waals surface area (Å²) in [6.45, 7) is 2.62. The number of aliphatic hydroxyl groups excluding tert-OH is 1. The quantitative estimate of drug-likeness (QED) is 0.750. The van der Waals surface area contributed by atoms with Gasteiger partial charge in [-0.05, 0) is 53.6 Å². The average molecular weight is 378 g/mol. The lowest BCUT2D eigenvalue weighted by Gasteiger charge is -2.28. The molecule has 2 atom stereocenters. The second-order valence-corrected chi connectivity index (χ2v) is 7.86. The van der Waals surface area contributed by atoms with Crippen LogP contribution < -0.4 is 5.32 Å². The van der Waals surface area contributed by atoms with E-state index in [1.54, 1.807) is 0 Å². The van der Waals surface area contributed by atoms with Crippen molar-refractivity contribution < 1.29 is 13.9 Å². The van der Waals surface area contributed by atoms with Gasteiger partial charge in [-0.1, -0.05) is 25.1 Å². The highest BCUT2D eigenvalue weighted by Crippen LogP contribution is 2.32. The van der Waals surface area contributed by atoms with Crippen molar-refractivity contribution in [2.45, 2.75) is 44.1 Å². The number of aliphatic hydroxyl groups is 1. The van der Waals surface area contributed by atoms with E-state index in [2.05, 4.69) is 30.4 Å². The zero-order valence-electron chi connectivity index (χ0n) is 15.0. The van der Waals surface area contributed by atoms with Crippen LogP contribution in [0, 0.1) is 11.6 Å². The molecule has 1 aliphatic heterocycles. The summed E-state index contributed by atoms with van der Waals surface area (Å²) in [5, 5.41) is 13.7. The lowest BCUT2D eigenvalue weighted by Crippen LogP contribution is -2.33. The minimum absolute atomic E-state index is 0.233. The maximum Gasteiger partial charge on any atom is 0.126 e. The maximum absolute atomic E-state index is 13.2. The van der Waals surface area contributed by atoms with Gasteiger partial charge >= 0.3 is 0 Å². The van der Waals surface area contributed by atoms with Crippen LogP contribution in [0.3, 0.4) is 0 Å². The van der Waals surface area contributed by atoms with E-state index in [-0.39, 0.29) is 6.04 Å². The van der Waals surface area contributed by atoms with Gasteiger partial charge in [0.05, 0.1) is 6.10 Å². The Labute approximate surface area is 158 Å². The van der Waals surface area contributed by atoms with Crippen LogP contribution in [-0.4, -0.2) is 23.5 Å². The molecule has 0 saturated heterocycles. The molecule has 3 rings (SSSR count). The van der Waals surface area contributed by atoms with Crippen molar-refractivity contribution in [2.75, 3.05) is 12.3 Å². The first-order chi connectivity index (χ1) is 12.5. The monoisotopic (exact) mass is 377 g/mol. The van der Waals surface area contributed by atoms with Crippen molar-refractivity contribution in [3.05, 3.63) is 70.3 Å². The number of halogens is 2. The van der Waals surface area contributed by atoms with Crippen LogP contribution in [0.4, 0.5) is 8.78 Å². The Morgan fingerprint density at radius 3 is 2.65 bits per heavy atom. The molecule has 0 saturated carbocycles. The van der Waals surface area contributed by atoms with Crippen molar-refractivity contribution in [2.24, 2.45) is 0 Å². The molecule has 0 bridgehead atoms. The molecule has 140 valence electrons. The normalized spacial score (nSPS) is 17.8. The third-order valence-electron chi connectivity index (χ3n) is 4.82. The molecule has 5 heteroatoms. The van der Waals surface area contributed by atoms with Gasteiger partial charge in [0, 0.05) is 30.2 Å². The van der Waals surface area contributed by atoms with Gasteiger partial charge in [-0.3, -0.25) is 0 Å². The third kappa shape index (κ3) is 5.06. The highest BCUT2D eigenvalue weighted by atomic mass is 32.2. The van der Waals surface area contributed by atoms with E-state index in [1.165, 1.54) is 28.8 Å². The van der Waals surface area contributed by atoms with Gasteiger partial charge in [0.1, 0.15) is 11.6 Å². The van der Waals surface area contributed by atoms with Gasteiger partial charge in [-0.15, -0.1) is 0 Å². The molecule has 0 aromatic heterocycles. The lowest BCUT2D eigenvalue weighted by molar-refractivity contribution is 0.158. The molecular weight excluding hydrogens is 352 g/mol. The third-order valence-corrected chi connectivity index (χ3v) is 5.91. The summed E-state index contributed by atoms with van der Waals surface area (Å²) in [7, 11) is 0. The van der Waals surface area contributed by atoms with E-state index in [9.17, 15) is 13.9 Å². The zero-order valence-corrected chi connectivity index (χ0v) is 15.8. The molecule has 1 heterocycles. The molecule has 1 aliphatic rings. The first-order valence-corrected chi connectivity index (χ1v) is 10.3. The van der Waals surface area contributed by atoms with Gasteiger partial charge in [-0.2, -0.15) is 11.8 Å². The molecule has 0 spiro atoms. The van der Waals surface area contributed by atoms with Crippen LogP contribution in [-0.2, 0) is 18.6 Å². The highest BCUT2D eigenvalue weighted by molar-refractivity contribution is 7.98. The highest BCUT2D eigenvalue weighted by Gasteiger charge is 2.21. The molecule has 0 radical (unpaired) electrons. The summed E-state index contributed by atoms with van der Waals surface area (Å²) in [6, 6.07) is 10.4. The predicted octanol–water partition coefficient (Wildman–Crippen LogP) is 4.40. The van der Waals surface area contributed by atoms with Crippen molar-refractivity contribution in [1.29, 1.82) is 0 Å². The first kappa shape index (κ1) is 19.3. The Bertz CT molecular complexity index is 733. The number of aryl methyl sites for hydroxylation is 2. The van der Waals surface area contributed by atoms with Crippen LogP contribution in [0.1, 0.15) is 41.6 Å². The summed E-state index contributed by atoms with van der Waals surface area (Å²) in [5.41, 5.74) is 4.60. The molecule has 2 N–H and O–H groups in total. The number of benzene rings is 2. The summed E-state index contributed by atoms with van der Waals surface area (Å²) in [4.78, 5) is 0. The fourth-order valence-electron chi connectivity index (χ4n) is 3.33. The van der Waals surface area contributed by atoms with Gasteiger partial charge in [-0.25, -0.2) is 8.78 Å². The Balaban J connectivity index is 1.54. The van der Waals surface area contributed by atoms with Gasteiger partial charge < -0.3 is 10.4 Å². The minimum Gasteiger partial charge on any atom is -0.392 e. The smallest absolute Gasteiger partial charge is 0.126 e. The molecule has 0 fully saturated rings. The second kappa shape index (κ2) is 8.98. The number of nitrogens with one attached hydrogen (secondary N) is 1. The van der Waals surface area contributed by atoms with Crippen LogP contribution >= 0.6 is 11.8 Å². The number of hydrogen-bond acceptors (Lipinski definition) is 3. The van der Waals surface area contributed by atoms with Crippen LogP contribution in [0.2, 0.25) is 0 Å². The largest absolute Gasteiger partial charge is 0.392 e. The summed E-state index contributed by atoms with van der Waals surface area (Å²) in [5.74, 6) is 0.873. The minimum atomic E-state index is -0.574. The van der Waals surface area contributed by atoms with Gasteiger partial charge in [0.25, 0.3) is 0 Å². The zero-order chi connectivity index (χ0) is 18.5. The van der Waals surface area contributed by atoms with Crippen LogP contribution in [0.25, 0.3) is 0 Å². The Morgan fingerprint density at radius 2 is 1.92 bits per heavy atom. The van der Waals surface area contributed by atoms with E-state index in [0.29, 0.717) is 24.9 Å². The molecule has 2 aromatic carbocycles. The van der Waals surface area contributed by atoms with Crippen molar-refractivity contribution in [3.63, 3.8) is 0 Å². The number of thioether (sulfide) groups is 1. The number of fused-ring (bicyclic) bond motifs is 1. The molecule has 2 aromatic rings. The maximum atomic E-state index is 13.2. The second-order valence-electron chi connectivity index (χ2n) is 6.83. The van der Waals surface area contributed by atoms with E-state index in [4.69, 9.17) is 0 Å². The van der Waals surface area contributed by atoms with Crippen LogP contribution in [0.5, 0.6) is 0 Å². The molecule has 0 aliphatic carbocycles. The summed E-state index contributed by atoms with van der Waals surface area (Å²) < 4.78 is 26.5. The molecule has 2 unspecified atom stereocenters. The van der Waals surface area contributed by atoms with Gasteiger partial charge in [0.15, 0.2) is 0 Å². The molecule has 2 nitrogen and oxygen atoms in total. The van der Waals surface area contributed by atoms with Crippen LogP contribution in [0.15, 0.2) is 36.4 Å². The Kier molecular flexibility index (Phi) is 6.68. The Morgan fingerprint density at radius 1 is 1.15 bits per heavy atom. The van der Waals surface area contributed by atoms with E-state index in [1.807, 2.05) is 11.8 Å². The lowest BCUT2D eigenvalue weighted by atomic mass is 9.97. The standard InChI is InChI=1S/C21H25F2NOS/c1-2-14-3-5-16-12-26-13-21(20(16)9-14)24-11-19(25)6-4-15-7-17(22)10-18(23)8-15/h3,5,7-10,19,21,24-25H,2,4,6,11-13H2,1H3. The van der Waals surface area contributed by atoms with Crippen molar-refractivity contribution in [1.82, 2.24) is 5.32 Å². The molecular formula is C21H25F2NOS. The van der Waals surface area contributed by atoms with E-state index < -0.39 is 17.7 Å². The Hall–Kier alpha value is -1.43. The fraction of sp³-hybridized carbons (Fsp3) is 0.429. The number of hydrogen-bond donors (Lipinski definition) is 2. The van der Waals surface area contributed by atoms with Crippen molar-refractivity contribution >= 4 is 11.8 Å². The van der Waals surface area contributed by atoms with Gasteiger partial charge in [0.2, 0.25) is 0 Å². The summed E-state index contributed by atoms with van der Waals surface area (Å²) in [6.07, 6.45) is 1.39. The molecule has 26 heavy (non-hydrogen) atoms. The molecule has 0 amide bonds. The SMILES string of the molecule is CCc1ccc2c(c1)C(NCC(O)CCc1cc(F)cc(F)c1)CSC2. The number of rotatable bonds is 7.